The molecule has 0 spiro atoms. The van der Waals surface area contributed by atoms with Crippen LogP contribution in [0.15, 0.2) is 24.3 Å². The van der Waals surface area contributed by atoms with Crippen LogP contribution < -0.4 is 11.1 Å². The minimum absolute atomic E-state index is 0.120. The van der Waals surface area contributed by atoms with Crippen molar-refractivity contribution in [2.45, 2.75) is 39.2 Å². The van der Waals surface area contributed by atoms with E-state index in [4.69, 9.17) is 5.73 Å². The number of carbonyl (C=O) groups excluding carboxylic acids is 1. The number of rotatable bonds is 5. The fourth-order valence-electron chi connectivity index (χ4n) is 1.46. The SMILES string of the molecule is CCCc1ccc(NC(=O)[C@@H](N)CC)cc1. The highest BCUT2D eigenvalue weighted by Gasteiger charge is 2.10. The number of aryl methyl sites for hydroxylation is 1. The predicted octanol–water partition coefficient (Wildman–Crippen LogP) is 2.31. The summed E-state index contributed by atoms with van der Waals surface area (Å²) >= 11 is 0. The van der Waals surface area contributed by atoms with Gasteiger partial charge in [0.05, 0.1) is 6.04 Å². The molecule has 3 nitrogen and oxygen atoms in total. The van der Waals surface area contributed by atoms with Crippen LogP contribution >= 0.6 is 0 Å². The highest BCUT2D eigenvalue weighted by atomic mass is 16.2. The van der Waals surface area contributed by atoms with Crippen molar-refractivity contribution in [2.75, 3.05) is 5.32 Å². The third-order valence-electron chi connectivity index (χ3n) is 2.54. The summed E-state index contributed by atoms with van der Waals surface area (Å²) in [5, 5.41) is 2.80. The van der Waals surface area contributed by atoms with Gasteiger partial charge in [-0.2, -0.15) is 0 Å². The molecule has 1 aromatic rings. The van der Waals surface area contributed by atoms with Crippen LogP contribution in [-0.4, -0.2) is 11.9 Å². The van der Waals surface area contributed by atoms with E-state index in [9.17, 15) is 4.79 Å². The molecule has 0 aliphatic rings. The zero-order valence-corrected chi connectivity index (χ0v) is 9.99. The monoisotopic (exact) mass is 220 g/mol. The van der Waals surface area contributed by atoms with Crippen molar-refractivity contribution in [1.82, 2.24) is 0 Å². The molecule has 0 aromatic heterocycles. The molecule has 0 heterocycles. The number of benzene rings is 1. The second-order valence-corrected chi connectivity index (χ2v) is 3.95. The van der Waals surface area contributed by atoms with Gasteiger partial charge < -0.3 is 11.1 Å². The fourth-order valence-corrected chi connectivity index (χ4v) is 1.46. The minimum Gasteiger partial charge on any atom is -0.325 e. The summed E-state index contributed by atoms with van der Waals surface area (Å²) in [5.41, 5.74) is 7.74. The van der Waals surface area contributed by atoms with Crippen LogP contribution in [0.2, 0.25) is 0 Å². The van der Waals surface area contributed by atoms with Crippen LogP contribution in [-0.2, 0) is 11.2 Å². The van der Waals surface area contributed by atoms with Crippen LogP contribution in [0.3, 0.4) is 0 Å². The Labute approximate surface area is 97.0 Å². The summed E-state index contributed by atoms with van der Waals surface area (Å²) in [4.78, 5) is 11.5. The van der Waals surface area contributed by atoms with E-state index in [2.05, 4.69) is 12.2 Å². The number of hydrogen-bond donors (Lipinski definition) is 2. The molecule has 16 heavy (non-hydrogen) atoms. The highest BCUT2D eigenvalue weighted by molar-refractivity contribution is 5.94. The van der Waals surface area contributed by atoms with Crippen molar-refractivity contribution in [2.24, 2.45) is 5.73 Å². The molecule has 0 unspecified atom stereocenters. The maximum Gasteiger partial charge on any atom is 0.241 e. The lowest BCUT2D eigenvalue weighted by molar-refractivity contribution is -0.117. The molecule has 0 saturated heterocycles. The molecule has 0 saturated carbocycles. The molecule has 0 aliphatic carbocycles. The highest BCUT2D eigenvalue weighted by Crippen LogP contribution is 2.11. The molecular formula is C13H20N2O. The van der Waals surface area contributed by atoms with Crippen molar-refractivity contribution in [1.29, 1.82) is 0 Å². The number of carbonyl (C=O) groups is 1. The summed E-state index contributed by atoms with van der Waals surface area (Å²) < 4.78 is 0. The first-order chi connectivity index (χ1) is 7.67. The number of nitrogens with two attached hydrogens (primary N) is 1. The van der Waals surface area contributed by atoms with E-state index < -0.39 is 6.04 Å². The molecule has 0 fully saturated rings. The largest absolute Gasteiger partial charge is 0.325 e. The Balaban J connectivity index is 2.58. The molecule has 1 aromatic carbocycles. The van der Waals surface area contributed by atoms with E-state index in [1.165, 1.54) is 5.56 Å². The average Bonchev–Trinajstić information content (AvgIpc) is 2.31. The first kappa shape index (κ1) is 12.7. The van der Waals surface area contributed by atoms with Crippen LogP contribution in [0.1, 0.15) is 32.3 Å². The minimum atomic E-state index is -0.421. The van der Waals surface area contributed by atoms with Crippen LogP contribution in [0, 0.1) is 0 Å². The molecule has 0 radical (unpaired) electrons. The Morgan fingerprint density at radius 3 is 2.44 bits per heavy atom. The molecule has 1 amide bonds. The van der Waals surface area contributed by atoms with Crippen molar-refractivity contribution in [3.8, 4) is 0 Å². The lowest BCUT2D eigenvalue weighted by Crippen LogP contribution is -2.34. The third-order valence-corrected chi connectivity index (χ3v) is 2.54. The van der Waals surface area contributed by atoms with Crippen molar-refractivity contribution in [3.05, 3.63) is 29.8 Å². The van der Waals surface area contributed by atoms with E-state index in [0.29, 0.717) is 6.42 Å². The van der Waals surface area contributed by atoms with Crippen LogP contribution in [0.25, 0.3) is 0 Å². The van der Waals surface area contributed by atoms with Crippen LogP contribution in [0.4, 0.5) is 5.69 Å². The Bertz CT molecular complexity index is 332. The Hall–Kier alpha value is -1.35. The zero-order chi connectivity index (χ0) is 12.0. The Morgan fingerprint density at radius 1 is 1.31 bits per heavy atom. The predicted molar refractivity (Wildman–Crippen MR) is 67.3 cm³/mol. The van der Waals surface area contributed by atoms with Gasteiger partial charge in [0.15, 0.2) is 0 Å². The first-order valence-electron chi connectivity index (χ1n) is 5.82. The van der Waals surface area contributed by atoms with Gasteiger partial charge in [-0.15, -0.1) is 0 Å². The van der Waals surface area contributed by atoms with Crippen molar-refractivity contribution < 1.29 is 4.79 Å². The van der Waals surface area contributed by atoms with E-state index in [1.807, 2.05) is 31.2 Å². The first-order valence-corrected chi connectivity index (χ1v) is 5.82. The van der Waals surface area contributed by atoms with E-state index in [-0.39, 0.29) is 5.91 Å². The summed E-state index contributed by atoms with van der Waals surface area (Å²) in [7, 11) is 0. The summed E-state index contributed by atoms with van der Waals surface area (Å²) in [6, 6.07) is 7.50. The maximum atomic E-state index is 11.5. The second kappa shape index (κ2) is 6.28. The molecule has 88 valence electrons. The van der Waals surface area contributed by atoms with E-state index in [0.717, 1.165) is 18.5 Å². The molecule has 1 atom stereocenters. The second-order valence-electron chi connectivity index (χ2n) is 3.95. The molecule has 0 bridgehead atoms. The topological polar surface area (TPSA) is 55.1 Å². The Morgan fingerprint density at radius 2 is 1.94 bits per heavy atom. The molecule has 1 rings (SSSR count). The molecule has 0 aliphatic heterocycles. The van der Waals surface area contributed by atoms with Gasteiger partial charge in [0, 0.05) is 5.69 Å². The third kappa shape index (κ3) is 3.66. The summed E-state index contributed by atoms with van der Waals surface area (Å²) in [5.74, 6) is -0.120. The van der Waals surface area contributed by atoms with Gasteiger partial charge in [-0.05, 0) is 30.5 Å². The van der Waals surface area contributed by atoms with Crippen molar-refractivity contribution in [3.63, 3.8) is 0 Å². The molecule has 3 heteroatoms. The lowest BCUT2D eigenvalue weighted by atomic mass is 10.1. The standard InChI is InChI=1S/C13H20N2O/c1-3-5-10-6-8-11(9-7-10)15-13(16)12(14)4-2/h6-9,12H,3-5,14H2,1-2H3,(H,15,16)/t12-/m0/s1. The van der Waals surface area contributed by atoms with Gasteiger partial charge in [0.2, 0.25) is 5.91 Å². The maximum absolute atomic E-state index is 11.5. The van der Waals surface area contributed by atoms with Gasteiger partial charge in [-0.3, -0.25) is 4.79 Å². The van der Waals surface area contributed by atoms with Gasteiger partial charge in [0.25, 0.3) is 0 Å². The quantitative estimate of drug-likeness (QED) is 0.800. The normalized spacial score (nSPS) is 12.2. The number of anilines is 1. The van der Waals surface area contributed by atoms with E-state index in [1.54, 1.807) is 0 Å². The van der Waals surface area contributed by atoms with Gasteiger partial charge in [-0.1, -0.05) is 32.4 Å². The Kier molecular flexibility index (Phi) is 4.99. The molecular weight excluding hydrogens is 200 g/mol. The smallest absolute Gasteiger partial charge is 0.241 e. The van der Waals surface area contributed by atoms with E-state index >= 15 is 0 Å². The van der Waals surface area contributed by atoms with Gasteiger partial charge in [-0.25, -0.2) is 0 Å². The van der Waals surface area contributed by atoms with Gasteiger partial charge >= 0.3 is 0 Å². The zero-order valence-electron chi connectivity index (χ0n) is 9.99. The molecule has 3 N–H and O–H groups in total. The summed E-state index contributed by atoms with van der Waals surface area (Å²) in [6.45, 7) is 4.05. The van der Waals surface area contributed by atoms with Gasteiger partial charge in [0.1, 0.15) is 0 Å². The van der Waals surface area contributed by atoms with Crippen molar-refractivity contribution >= 4 is 11.6 Å². The number of amides is 1. The number of hydrogen-bond acceptors (Lipinski definition) is 2. The summed E-state index contributed by atoms with van der Waals surface area (Å²) in [6.07, 6.45) is 2.86. The average molecular weight is 220 g/mol. The number of nitrogens with one attached hydrogen (secondary N) is 1. The lowest BCUT2D eigenvalue weighted by Gasteiger charge is -2.10. The fraction of sp³-hybridized carbons (Fsp3) is 0.462. The van der Waals surface area contributed by atoms with Crippen LogP contribution in [0.5, 0.6) is 0 Å².